The molecule has 1 radical (unpaired) electrons. The van der Waals surface area contributed by atoms with Gasteiger partial charge in [0.1, 0.15) is 11.1 Å². The van der Waals surface area contributed by atoms with Gasteiger partial charge in [0.15, 0.2) is 0 Å². The van der Waals surface area contributed by atoms with Gasteiger partial charge < -0.3 is 14.4 Å². The van der Waals surface area contributed by atoms with E-state index in [1.807, 2.05) is 46.9 Å². The zero-order valence-electron chi connectivity index (χ0n) is 39.7. The van der Waals surface area contributed by atoms with Crippen molar-refractivity contribution < 1.29 is 32.7 Å². The Labute approximate surface area is 358 Å². The second kappa shape index (κ2) is 16.2. The Kier molecular flexibility index (Phi) is 9.72. The first-order valence-corrected chi connectivity index (χ1v) is 19.4. The number of aromatic nitrogens is 3. The minimum Gasteiger partial charge on any atom is -0.498 e. The molecule has 4 aromatic carbocycles. The third kappa shape index (κ3) is 8.59. The van der Waals surface area contributed by atoms with E-state index in [0.717, 1.165) is 65.1 Å². The molecule has 0 aliphatic rings. The van der Waals surface area contributed by atoms with Crippen LogP contribution in [0.5, 0.6) is 0 Å². The molecule has 4 heterocycles. The molecule has 0 fully saturated rings. The molecule has 8 aromatic rings. The van der Waals surface area contributed by atoms with Gasteiger partial charge >= 0.3 is 0 Å². The quantitative estimate of drug-likeness (QED) is 0.161. The number of benzene rings is 4. The molecule has 0 saturated carbocycles. The molecule has 0 unspecified atom stereocenters. The van der Waals surface area contributed by atoms with Crippen LogP contribution in [0.2, 0.25) is 0 Å². The van der Waals surface area contributed by atoms with Crippen molar-refractivity contribution in [2.24, 2.45) is 5.41 Å². The predicted octanol–water partition coefficient (Wildman–Crippen LogP) is 14.2. The normalized spacial score (nSPS) is 14.2. The first kappa shape index (κ1) is 33.6. The van der Waals surface area contributed by atoms with Crippen LogP contribution in [-0.4, -0.2) is 15.0 Å². The van der Waals surface area contributed by atoms with Gasteiger partial charge in [0.05, 0.1) is 15.3 Å². The first-order valence-electron chi connectivity index (χ1n) is 21.6. The van der Waals surface area contributed by atoms with E-state index in [1.54, 1.807) is 35.6 Å². The molecule has 0 aliphatic carbocycles. The van der Waals surface area contributed by atoms with Crippen molar-refractivity contribution in [1.82, 2.24) is 15.0 Å². The van der Waals surface area contributed by atoms with Crippen molar-refractivity contribution in [3.8, 4) is 33.6 Å². The van der Waals surface area contributed by atoms with E-state index in [4.69, 9.17) is 22.6 Å². The summed E-state index contributed by atoms with van der Waals surface area (Å²) >= 11 is 1.73. The molecule has 289 valence electrons. The van der Waals surface area contributed by atoms with Crippen LogP contribution in [0.1, 0.15) is 102 Å². The van der Waals surface area contributed by atoms with Crippen LogP contribution in [0.15, 0.2) is 95.7 Å². The molecule has 56 heavy (non-hydrogen) atoms. The molecule has 6 heteroatoms. The van der Waals surface area contributed by atoms with Crippen LogP contribution >= 0.6 is 11.3 Å². The van der Waals surface area contributed by atoms with Crippen LogP contribution in [0.4, 0.5) is 0 Å². The average molecular weight is 940 g/mol. The Morgan fingerprint density at radius 1 is 0.857 bits per heavy atom. The standard InChI is InChI=1S/C33H31N2OS.C17H20N.Ir/c1-18(2)25-17-34-26(16-24(25)28-19(3)10-8-11-20(28)4)23-13-9-12-21-22-14-15-27-29(31(22)36-30(21)23)35-32(37-27)33(5,6)7;1-13-5-8-15(9-6-13)16-10-7-14(12-18-16)11-17(2,3)4;/h8-12,14-18H,1-7H3;5-8,10,12H,11H2,1-4H3;/q2*-1;/i18D;1D3,11D2;. The van der Waals surface area contributed by atoms with E-state index in [-0.39, 0.29) is 31.1 Å². The number of rotatable bonds is 5. The van der Waals surface area contributed by atoms with Gasteiger partial charge in [-0.3, -0.25) is 0 Å². The summed E-state index contributed by atoms with van der Waals surface area (Å²) in [4.78, 5) is 14.2. The van der Waals surface area contributed by atoms with Gasteiger partial charge in [-0.2, -0.15) is 0 Å². The van der Waals surface area contributed by atoms with Crippen LogP contribution in [0.25, 0.3) is 65.8 Å². The molecule has 0 atom stereocenters. The van der Waals surface area contributed by atoms with E-state index in [0.29, 0.717) is 16.8 Å². The summed E-state index contributed by atoms with van der Waals surface area (Å²) in [6.45, 7) is 18.1. The van der Waals surface area contributed by atoms with Crippen LogP contribution < -0.4 is 0 Å². The zero-order valence-corrected chi connectivity index (χ0v) is 36.9. The largest absolute Gasteiger partial charge is 0.498 e. The molecular weight excluding hydrogens is 883 g/mol. The first-order chi connectivity index (χ1) is 28.4. The van der Waals surface area contributed by atoms with Gasteiger partial charge in [-0.25, -0.2) is 4.98 Å². The minimum absolute atomic E-state index is 0. The maximum absolute atomic E-state index is 8.83. The zero-order chi connectivity index (χ0) is 44.4. The second-order valence-corrected chi connectivity index (χ2v) is 17.5. The number of hydrogen-bond acceptors (Lipinski definition) is 5. The van der Waals surface area contributed by atoms with E-state index in [1.165, 1.54) is 23.4 Å². The Morgan fingerprint density at radius 2 is 1.59 bits per heavy atom. The number of nitrogens with zero attached hydrogens (tertiary/aromatic N) is 3. The summed E-state index contributed by atoms with van der Waals surface area (Å²) < 4.78 is 55.1. The minimum atomic E-state index is -2.14. The van der Waals surface area contributed by atoms with Crippen molar-refractivity contribution >= 4 is 43.5 Å². The van der Waals surface area contributed by atoms with E-state index in [9.17, 15) is 0 Å². The molecule has 0 N–H and O–H groups in total. The number of hydrogen-bond donors (Lipinski definition) is 0. The number of fused-ring (bicyclic) bond motifs is 5. The Balaban J connectivity index is 0.000000230. The van der Waals surface area contributed by atoms with E-state index >= 15 is 0 Å². The fourth-order valence-corrected chi connectivity index (χ4v) is 7.80. The molecule has 0 bridgehead atoms. The van der Waals surface area contributed by atoms with Crippen LogP contribution in [0.3, 0.4) is 0 Å². The fraction of sp³-hybridized carbons (Fsp3) is 0.300. The molecule has 4 aromatic heterocycles. The fourth-order valence-electron chi connectivity index (χ4n) is 6.78. The summed E-state index contributed by atoms with van der Waals surface area (Å²) in [5, 5.41) is 3.18. The molecule has 0 saturated heterocycles. The Morgan fingerprint density at radius 3 is 2.21 bits per heavy atom. The van der Waals surface area contributed by atoms with Crippen molar-refractivity contribution in [1.29, 1.82) is 0 Å². The Bertz CT molecular complexity index is 2880. The number of pyridine rings is 2. The molecule has 0 spiro atoms. The monoisotopic (exact) mass is 940 g/mol. The average Bonchev–Trinajstić information content (AvgIpc) is 3.80. The SMILES string of the molecule is [2H]C(C)(C)c1cnc(-c2[c-]ccc3c2oc2c3ccc3sc(C(C)(C)C)nc32)cc1-c1c(C)cccc1C.[2H]C([2H])([2H])c1c[c-]c(-c2ccc(C([2H])([2H])C(C)(C)C)cn2)cc1.[Ir]. The van der Waals surface area contributed by atoms with Gasteiger partial charge in [0.2, 0.25) is 0 Å². The maximum atomic E-state index is 8.83. The van der Waals surface area contributed by atoms with Gasteiger partial charge in [-0.05, 0) is 82.4 Å². The maximum Gasteiger partial charge on any atom is 0.148 e. The number of thiazole rings is 1. The molecular formula is C50H51IrN3OS-2. The smallest absolute Gasteiger partial charge is 0.148 e. The summed E-state index contributed by atoms with van der Waals surface area (Å²) in [6, 6.07) is 31.2. The second-order valence-electron chi connectivity index (χ2n) is 16.4. The van der Waals surface area contributed by atoms with Crippen molar-refractivity contribution in [2.45, 2.75) is 93.8 Å². The predicted molar refractivity (Wildman–Crippen MR) is 233 cm³/mol. The van der Waals surface area contributed by atoms with E-state index in [2.05, 4.69) is 94.2 Å². The van der Waals surface area contributed by atoms with Crippen molar-refractivity contribution in [3.63, 3.8) is 0 Å². The van der Waals surface area contributed by atoms with Gasteiger partial charge in [-0.1, -0.05) is 116 Å². The molecule has 8 rings (SSSR count). The van der Waals surface area contributed by atoms with Gasteiger partial charge in [0.25, 0.3) is 0 Å². The van der Waals surface area contributed by atoms with Crippen molar-refractivity contribution in [3.05, 3.63) is 136 Å². The summed E-state index contributed by atoms with van der Waals surface area (Å²) in [6.07, 6.45) is 1.90. The number of furan rings is 1. The van der Waals surface area contributed by atoms with E-state index < -0.39 is 24.5 Å². The molecule has 0 aliphatic heterocycles. The van der Waals surface area contributed by atoms with Crippen molar-refractivity contribution in [2.75, 3.05) is 0 Å². The summed E-state index contributed by atoms with van der Waals surface area (Å²) in [5.41, 5.74) is 11.0. The Hall–Kier alpha value is -4.48. The summed E-state index contributed by atoms with van der Waals surface area (Å²) in [7, 11) is 0. The molecule has 0 amide bonds. The topological polar surface area (TPSA) is 51.8 Å². The van der Waals surface area contributed by atoms with Gasteiger partial charge in [0, 0.05) is 51.5 Å². The summed E-state index contributed by atoms with van der Waals surface area (Å²) in [5.74, 6) is -0.800. The third-order valence-corrected chi connectivity index (χ3v) is 10.9. The van der Waals surface area contributed by atoms with Gasteiger partial charge in [-0.15, -0.1) is 64.9 Å². The number of aryl methyl sites for hydroxylation is 3. The third-order valence-electron chi connectivity index (χ3n) is 9.42. The molecule has 4 nitrogen and oxygen atoms in total. The van der Waals surface area contributed by atoms with Crippen LogP contribution in [0, 0.1) is 38.2 Å². The van der Waals surface area contributed by atoms with Crippen LogP contribution in [-0.2, 0) is 31.9 Å².